The van der Waals surface area contributed by atoms with Crippen molar-refractivity contribution in [2.75, 3.05) is 17.7 Å². The van der Waals surface area contributed by atoms with Crippen LogP contribution in [0.1, 0.15) is 51.4 Å². The number of nitrogens with two attached hydrogens (primary N) is 1. The van der Waals surface area contributed by atoms with Gasteiger partial charge in [0.05, 0.1) is 12.2 Å². The van der Waals surface area contributed by atoms with Gasteiger partial charge in [0.2, 0.25) is 0 Å². The summed E-state index contributed by atoms with van der Waals surface area (Å²) in [6.45, 7) is 7.83. The largest absolute Gasteiger partial charge is 0.399 e. The summed E-state index contributed by atoms with van der Waals surface area (Å²) in [5, 5.41) is 25.4. The molecule has 7 heteroatoms. The van der Waals surface area contributed by atoms with E-state index in [2.05, 4.69) is 44.0 Å². The Bertz CT molecular complexity index is 1500. The van der Waals surface area contributed by atoms with E-state index in [0.29, 0.717) is 18.5 Å². The predicted molar refractivity (Wildman–Crippen MR) is 162 cm³/mol. The van der Waals surface area contributed by atoms with Crippen molar-refractivity contribution in [3.05, 3.63) is 90.0 Å². The average Bonchev–Trinajstić information content (AvgIpc) is 3.46. The number of nitrogens with one attached hydrogen (secondary N) is 1. The van der Waals surface area contributed by atoms with Crippen LogP contribution in [-0.4, -0.2) is 40.4 Å². The molecule has 1 heterocycles. The van der Waals surface area contributed by atoms with Crippen LogP contribution in [-0.2, 0) is 14.3 Å². The number of rotatable bonds is 5. The first-order valence-electron chi connectivity index (χ1n) is 15.1. The number of aliphatic hydroxyl groups is 2. The van der Waals surface area contributed by atoms with E-state index < -0.39 is 36.1 Å². The highest BCUT2D eigenvalue weighted by atomic mass is 16.7. The lowest BCUT2D eigenvalue weighted by atomic mass is 9.46. The Morgan fingerprint density at radius 2 is 1.95 bits per heavy atom. The number of aliphatic hydroxyl groups excluding tert-OH is 2. The van der Waals surface area contributed by atoms with Crippen LogP contribution < -0.4 is 11.1 Å². The lowest BCUT2D eigenvalue weighted by Crippen LogP contribution is -2.63. The molecule has 42 heavy (non-hydrogen) atoms. The maximum absolute atomic E-state index is 13.7. The van der Waals surface area contributed by atoms with E-state index in [4.69, 9.17) is 15.2 Å². The summed E-state index contributed by atoms with van der Waals surface area (Å²) >= 11 is 0. The Balaban J connectivity index is 1.18. The number of ether oxygens (including phenoxy) is 2. The molecular weight excluding hydrogens is 528 g/mol. The molecule has 4 aliphatic carbocycles. The van der Waals surface area contributed by atoms with E-state index in [-0.39, 0.29) is 29.0 Å². The van der Waals surface area contributed by atoms with Gasteiger partial charge in [0, 0.05) is 39.4 Å². The normalized spacial score (nSPS) is 40.0. The minimum absolute atomic E-state index is 0.0378. The molecule has 9 atom stereocenters. The third-order valence-corrected chi connectivity index (χ3v) is 11.2. The summed E-state index contributed by atoms with van der Waals surface area (Å²) in [6, 6.07) is 15.3. The molecule has 0 radical (unpaired) electrons. The summed E-state index contributed by atoms with van der Waals surface area (Å²) in [4.78, 5) is 13.7. The molecule has 0 spiro atoms. The summed E-state index contributed by atoms with van der Waals surface area (Å²) in [5.74, 6) is 0.000888. The highest BCUT2D eigenvalue weighted by Crippen LogP contribution is 2.70. The lowest BCUT2D eigenvalue weighted by Gasteiger charge is -2.59. The quantitative estimate of drug-likeness (QED) is 0.347. The van der Waals surface area contributed by atoms with Crippen LogP contribution in [0.3, 0.4) is 0 Å². The fraction of sp³-hybridized carbons (Fsp3) is 0.457. The van der Waals surface area contributed by atoms with Crippen LogP contribution in [0.15, 0.2) is 84.5 Å². The molecule has 1 aliphatic heterocycles. The summed E-state index contributed by atoms with van der Waals surface area (Å²) in [6.07, 6.45) is 7.56. The van der Waals surface area contributed by atoms with Crippen molar-refractivity contribution in [3.63, 3.8) is 0 Å². The van der Waals surface area contributed by atoms with Gasteiger partial charge in [-0.05, 0) is 73.4 Å². The van der Waals surface area contributed by atoms with Gasteiger partial charge in [-0.15, -0.1) is 0 Å². The standard InChI is InChI=1S/C35H40N2O5/c1-20-13-14-33(2)22(15-20)9-12-26-27-17-30-35(29(40)19-38,34(27,3)18-28(39)31(26)33)42-32(41-30)21-7-10-24(11-8-21)37-25-6-4-5-23(36)16-25/h4-8,10-11,13-16,26-28,30-32,37-39H,1,9,12,17-19,36H2,2-3H3/t26-,27-,28-,30+,31+,32-,33-,34-,35+/m0/s1. The first-order valence-corrected chi connectivity index (χ1v) is 15.1. The molecule has 2 aromatic carbocycles. The Hall–Kier alpha value is -3.23. The molecule has 0 unspecified atom stereocenters. The number of Topliss-reactive ketones (excluding diaryl/α,β-unsaturated/α-hetero) is 1. The second kappa shape index (κ2) is 9.64. The Morgan fingerprint density at radius 1 is 1.17 bits per heavy atom. The molecule has 4 fully saturated rings. The zero-order valence-corrected chi connectivity index (χ0v) is 24.3. The van der Waals surface area contributed by atoms with Crippen molar-refractivity contribution in [2.45, 2.75) is 63.6 Å². The van der Waals surface area contributed by atoms with Gasteiger partial charge >= 0.3 is 0 Å². The van der Waals surface area contributed by atoms with Crippen molar-refractivity contribution in [3.8, 4) is 0 Å². The molecule has 5 N–H and O–H groups in total. The van der Waals surface area contributed by atoms with Crippen LogP contribution in [0.2, 0.25) is 0 Å². The predicted octanol–water partition coefficient (Wildman–Crippen LogP) is 5.60. The number of benzene rings is 2. The minimum atomic E-state index is -1.32. The molecule has 1 saturated heterocycles. The Kier molecular flexibility index (Phi) is 6.34. The average molecular weight is 569 g/mol. The summed E-state index contributed by atoms with van der Waals surface area (Å²) < 4.78 is 13.3. The van der Waals surface area contributed by atoms with Crippen molar-refractivity contribution in [2.24, 2.45) is 28.6 Å². The SMILES string of the molecule is C=C1C=C[C@@]2(C)C(=C1)CC[C@@H]1[C@@H]2[C@@H](O)C[C@@]2(C)[C@H]1C[C@H]1O[C@H](c3ccc(Nc4cccc(N)c4)cc3)O[C@]12C(=O)CO. The van der Waals surface area contributed by atoms with Crippen molar-refractivity contribution in [1.82, 2.24) is 0 Å². The van der Waals surface area contributed by atoms with E-state index in [1.807, 2.05) is 48.5 Å². The van der Waals surface area contributed by atoms with Crippen molar-refractivity contribution >= 4 is 22.8 Å². The topological polar surface area (TPSA) is 114 Å². The van der Waals surface area contributed by atoms with E-state index in [0.717, 1.165) is 35.4 Å². The molecule has 0 amide bonds. The molecule has 2 aromatic rings. The second-order valence-corrected chi connectivity index (χ2v) is 13.4. The third-order valence-electron chi connectivity index (χ3n) is 11.2. The van der Waals surface area contributed by atoms with Crippen LogP contribution >= 0.6 is 0 Å². The van der Waals surface area contributed by atoms with Crippen LogP contribution in [0.25, 0.3) is 0 Å². The summed E-state index contributed by atoms with van der Waals surface area (Å²) in [7, 11) is 0. The number of fused-ring (bicyclic) bond motifs is 7. The van der Waals surface area contributed by atoms with E-state index in [1.165, 1.54) is 5.57 Å². The van der Waals surface area contributed by atoms with Crippen molar-refractivity contribution < 1.29 is 24.5 Å². The Labute approximate surface area is 247 Å². The molecule has 220 valence electrons. The number of hydrogen-bond donors (Lipinski definition) is 4. The number of carbonyl (C=O) groups is 1. The number of nitrogen functional groups attached to an aromatic ring is 1. The monoisotopic (exact) mass is 568 g/mol. The third kappa shape index (κ3) is 3.83. The van der Waals surface area contributed by atoms with E-state index >= 15 is 0 Å². The van der Waals surface area contributed by atoms with Gasteiger partial charge in [0.25, 0.3) is 0 Å². The van der Waals surface area contributed by atoms with E-state index in [1.54, 1.807) is 0 Å². The van der Waals surface area contributed by atoms with Crippen LogP contribution in [0.4, 0.5) is 17.1 Å². The van der Waals surface area contributed by atoms with E-state index in [9.17, 15) is 15.0 Å². The molecule has 7 nitrogen and oxygen atoms in total. The molecule has 7 rings (SSSR count). The fourth-order valence-electron chi connectivity index (χ4n) is 9.42. The van der Waals surface area contributed by atoms with Gasteiger partial charge in [-0.2, -0.15) is 0 Å². The zero-order valence-electron chi connectivity index (χ0n) is 24.3. The van der Waals surface area contributed by atoms with Gasteiger partial charge in [-0.3, -0.25) is 4.79 Å². The van der Waals surface area contributed by atoms with Crippen LogP contribution in [0, 0.1) is 28.6 Å². The van der Waals surface area contributed by atoms with Crippen LogP contribution in [0.5, 0.6) is 0 Å². The van der Waals surface area contributed by atoms with Crippen molar-refractivity contribution in [1.29, 1.82) is 0 Å². The smallest absolute Gasteiger partial charge is 0.193 e. The maximum atomic E-state index is 13.7. The number of carbonyl (C=O) groups excluding carboxylic acids is 1. The number of hydrogen-bond acceptors (Lipinski definition) is 7. The van der Waals surface area contributed by atoms with Gasteiger partial charge < -0.3 is 30.7 Å². The van der Waals surface area contributed by atoms with Gasteiger partial charge in [0.15, 0.2) is 17.7 Å². The molecule has 3 saturated carbocycles. The molecule has 5 aliphatic rings. The lowest BCUT2D eigenvalue weighted by molar-refractivity contribution is -0.201. The highest BCUT2D eigenvalue weighted by molar-refractivity contribution is 5.91. The molecule has 0 bridgehead atoms. The number of allylic oxidation sites excluding steroid dienone is 5. The number of ketones is 1. The molecular formula is C35H40N2O5. The Morgan fingerprint density at radius 3 is 2.69 bits per heavy atom. The fourth-order valence-corrected chi connectivity index (χ4v) is 9.42. The minimum Gasteiger partial charge on any atom is -0.399 e. The number of anilines is 3. The van der Waals surface area contributed by atoms with Gasteiger partial charge in [-0.1, -0.05) is 62.4 Å². The van der Waals surface area contributed by atoms with Gasteiger partial charge in [0.1, 0.15) is 6.61 Å². The zero-order chi connectivity index (χ0) is 29.4. The summed E-state index contributed by atoms with van der Waals surface area (Å²) in [5.41, 5.74) is 9.25. The first kappa shape index (κ1) is 27.6. The maximum Gasteiger partial charge on any atom is 0.193 e. The molecule has 0 aromatic heterocycles. The second-order valence-electron chi connectivity index (χ2n) is 13.4. The first-order chi connectivity index (χ1) is 20.1. The van der Waals surface area contributed by atoms with Gasteiger partial charge in [-0.25, -0.2) is 0 Å². The highest BCUT2D eigenvalue weighted by Gasteiger charge is 2.75.